The molecule has 2 N–H and O–H groups in total. The first-order valence-corrected chi connectivity index (χ1v) is 9.27. The van der Waals surface area contributed by atoms with Crippen molar-refractivity contribution in [1.82, 2.24) is 5.32 Å². The van der Waals surface area contributed by atoms with E-state index in [1.54, 1.807) is 38.1 Å². The van der Waals surface area contributed by atoms with Crippen LogP contribution >= 0.6 is 0 Å². The highest BCUT2D eigenvalue weighted by molar-refractivity contribution is 7.91. The minimum Gasteiger partial charge on any atom is -0.338 e. The van der Waals surface area contributed by atoms with Gasteiger partial charge in [-0.05, 0) is 43.9 Å². The van der Waals surface area contributed by atoms with Crippen molar-refractivity contribution in [3.8, 4) is 0 Å². The molecule has 0 spiro atoms. The molecule has 1 aromatic rings. The quantitative estimate of drug-likeness (QED) is 0.808. The second-order valence-corrected chi connectivity index (χ2v) is 8.67. The Morgan fingerprint density at radius 3 is 2.18 bits per heavy atom. The summed E-state index contributed by atoms with van der Waals surface area (Å²) in [5.41, 5.74) is 1.37. The molecule has 0 aliphatic rings. The summed E-state index contributed by atoms with van der Waals surface area (Å²) in [5.74, 6) is 0.563. The average Bonchev–Trinajstić information content (AvgIpc) is 2.40. The highest BCUT2D eigenvalue weighted by Crippen LogP contribution is 2.14. The van der Waals surface area contributed by atoms with Gasteiger partial charge in [-0.15, -0.1) is 0 Å². The van der Waals surface area contributed by atoms with Crippen LogP contribution in [0.2, 0.25) is 0 Å². The van der Waals surface area contributed by atoms with Crippen molar-refractivity contribution in [2.45, 2.75) is 45.1 Å². The van der Waals surface area contributed by atoms with Crippen LogP contribution in [-0.4, -0.2) is 26.2 Å². The predicted molar refractivity (Wildman–Crippen MR) is 90.7 cm³/mol. The molecule has 1 aromatic carbocycles. The maximum atomic E-state index is 11.9. The Morgan fingerprint density at radius 1 is 1.09 bits per heavy atom. The molecule has 1 rings (SSSR count). The fraction of sp³-hybridized carbons (Fsp3) is 0.562. The van der Waals surface area contributed by atoms with Crippen LogP contribution in [0.25, 0.3) is 0 Å². The standard InChI is InChI=1S/C16H26N2O3S/c1-12(2)9-10-17-16(19)18-15-7-5-14(6-8-15)11-22(20,21)13(3)4/h5-8,12-13H,9-11H2,1-4H3,(H2,17,18,19). The number of urea groups is 1. The number of anilines is 1. The van der Waals surface area contributed by atoms with Gasteiger partial charge in [0.05, 0.1) is 11.0 Å². The van der Waals surface area contributed by atoms with Gasteiger partial charge in [0.1, 0.15) is 0 Å². The van der Waals surface area contributed by atoms with E-state index in [9.17, 15) is 13.2 Å². The molecule has 22 heavy (non-hydrogen) atoms. The Labute approximate surface area is 133 Å². The fourth-order valence-corrected chi connectivity index (χ4v) is 2.72. The third kappa shape index (κ3) is 6.47. The molecular weight excluding hydrogens is 300 g/mol. The number of amides is 2. The normalized spacial score (nSPS) is 11.7. The van der Waals surface area contributed by atoms with Crippen LogP contribution in [0, 0.1) is 5.92 Å². The predicted octanol–water partition coefficient (Wildman–Crippen LogP) is 3.18. The van der Waals surface area contributed by atoms with E-state index in [0.29, 0.717) is 18.2 Å². The molecule has 6 heteroatoms. The Balaban J connectivity index is 2.53. The zero-order valence-electron chi connectivity index (χ0n) is 13.7. The SMILES string of the molecule is CC(C)CCNC(=O)Nc1ccc(CS(=O)(=O)C(C)C)cc1. The molecule has 0 saturated carbocycles. The smallest absolute Gasteiger partial charge is 0.319 e. The van der Waals surface area contributed by atoms with Gasteiger partial charge in [0, 0.05) is 12.2 Å². The first-order chi connectivity index (χ1) is 10.2. The van der Waals surface area contributed by atoms with E-state index in [4.69, 9.17) is 0 Å². The molecule has 0 fully saturated rings. The van der Waals surface area contributed by atoms with Crippen molar-refractivity contribution < 1.29 is 13.2 Å². The molecule has 2 amide bonds. The van der Waals surface area contributed by atoms with Gasteiger partial charge in [-0.3, -0.25) is 0 Å². The molecule has 0 aliphatic carbocycles. The maximum Gasteiger partial charge on any atom is 0.319 e. The maximum absolute atomic E-state index is 11.9. The van der Waals surface area contributed by atoms with Gasteiger partial charge in [-0.2, -0.15) is 0 Å². The molecule has 124 valence electrons. The van der Waals surface area contributed by atoms with Crippen LogP contribution in [0.4, 0.5) is 10.5 Å². The summed E-state index contributed by atoms with van der Waals surface area (Å²) in [5, 5.41) is 5.12. The topological polar surface area (TPSA) is 75.3 Å². The lowest BCUT2D eigenvalue weighted by atomic mass is 10.1. The molecule has 0 unspecified atom stereocenters. The summed E-state index contributed by atoms with van der Waals surface area (Å²) >= 11 is 0. The lowest BCUT2D eigenvalue weighted by Gasteiger charge is -2.10. The molecule has 0 bridgehead atoms. The first-order valence-electron chi connectivity index (χ1n) is 7.56. The molecule has 0 aromatic heterocycles. The number of carbonyl (C=O) groups excluding carboxylic acids is 1. The number of benzene rings is 1. The van der Waals surface area contributed by atoms with E-state index >= 15 is 0 Å². The molecule has 0 aliphatic heterocycles. The molecule has 0 atom stereocenters. The number of rotatable bonds is 7. The van der Waals surface area contributed by atoms with E-state index in [2.05, 4.69) is 24.5 Å². The summed E-state index contributed by atoms with van der Waals surface area (Å²) < 4.78 is 23.7. The van der Waals surface area contributed by atoms with Gasteiger partial charge in [0.15, 0.2) is 9.84 Å². The molecule has 0 heterocycles. The van der Waals surface area contributed by atoms with E-state index < -0.39 is 15.1 Å². The zero-order chi connectivity index (χ0) is 16.8. The van der Waals surface area contributed by atoms with Crippen LogP contribution in [-0.2, 0) is 15.6 Å². The monoisotopic (exact) mass is 326 g/mol. The van der Waals surface area contributed by atoms with Gasteiger partial charge < -0.3 is 10.6 Å². The van der Waals surface area contributed by atoms with Gasteiger partial charge in [-0.1, -0.05) is 26.0 Å². The number of carbonyl (C=O) groups is 1. The summed E-state index contributed by atoms with van der Waals surface area (Å²) in [7, 11) is -3.11. The zero-order valence-corrected chi connectivity index (χ0v) is 14.5. The Morgan fingerprint density at radius 2 is 1.68 bits per heavy atom. The molecule has 5 nitrogen and oxygen atoms in total. The Kier molecular flexibility index (Phi) is 6.87. The van der Waals surface area contributed by atoms with Crippen molar-refractivity contribution in [1.29, 1.82) is 0 Å². The summed E-state index contributed by atoms with van der Waals surface area (Å²) in [6, 6.07) is 6.64. The molecule has 0 saturated heterocycles. The summed E-state index contributed by atoms with van der Waals surface area (Å²) in [4.78, 5) is 11.7. The molecular formula is C16H26N2O3S. The van der Waals surface area contributed by atoms with E-state index in [0.717, 1.165) is 12.0 Å². The van der Waals surface area contributed by atoms with Gasteiger partial charge in [0.25, 0.3) is 0 Å². The van der Waals surface area contributed by atoms with Crippen molar-refractivity contribution in [2.24, 2.45) is 5.92 Å². The van der Waals surface area contributed by atoms with Crippen molar-refractivity contribution in [3.63, 3.8) is 0 Å². The lowest BCUT2D eigenvalue weighted by Crippen LogP contribution is -2.30. The van der Waals surface area contributed by atoms with Crippen molar-refractivity contribution >= 4 is 21.6 Å². The van der Waals surface area contributed by atoms with Crippen molar-refractivity contribution in [2.75, 3.05) is 11.9 Å². The van der Waals surface area contributed by atoms with Gasteiger partial charge in [-0.25, -0.2) is 13.2 Å². The highest BCUT2D eigenvalue weighted by Gasteiger charge is 2.16. The summed E-state index contributed by atoms with van der Waals surface area (Å²) in [6.45, 7) is 8.18. The van der Waals surface area contributed by atoms with Crippen LogP contribution in [0.15, 0.2) is 24.3 Å². The number of hydrogen-bond acceptors (Lipinski definition) is 3. The minimum absolute atomic E-state index is 0.0194. The summed E-state index contributed by atoms with van der Waals surface area (Å²) in [6.07, 6.45) is 0.930. The average molecular weight is 326 g/mol. The lowest BCUT2D eigenvalue weighted by molar-refractivity contribution is 0.251. The number of hydrogen-bond donors (Lipinski definition) is 2. The van der Waals surface area contributed by atoms with Crippen LogP contribution in [0.3, 0.4) is 0 Å². The second kappa shape index (κ2) is 8.17. The largest absolute Gasteiger partial charge is 0.338 e. The second-order valence-electron chi connectivity index (χ2n) is 6.12. The van der Waals surface area contributed by atoms with Crippen LogP contribution < -0.4 is 10.6 Å². The van der Waals surface area contributed by atoms with Gasteiger partial charge in [0.2, 0.25) is 0 Å². The van der Waals surface area contributed by atoms with Gasteiger partial charge >= 0.3 is 6.03 Å². The Bertz CT molecular complexity index is 578. The minimum atomic E-state index is -3.11. The van der Waals surface area contributed by atoms with Crippen molar-refractivity contribution in [3.05, 3.63) is 29.8 Å². The Hall–Kier alpha value is -1.56. The number of nitrogens with one attached hydrogen (secondary N) is 2. The third-order valence-electron chi connectivity index (χ3n) is 3.31. The van der Waals surface area contributed by atoms with Crippen LogP contribution in [0.5, 0.6) is 0 Å². The molecule has 0 radical (unpaired) electrons. The highest BCUT2D eigenvalue weighted by atomic mass is 32.2. The van der Waals surface area contributed by atoms with E-state index in [1.165, 1.54) is 0 Å². The van der Waals surface area contributed by atoms with E-state index in [1.807, 2.05) is 0 Å². The number of sulfone groups is 1. The fourth-order valence-electron chi connectivity index (χ4n) is 1.73. The third-order valence-corrected chi connectivity index (χ3v) is 5.48. The van der Waals surface area contributed by atoms with Crippen LogP contribution in [0.1, 0.15) is 39.7 Å². The first kappa shape index (κ1) is 18.5. The van der Waals surface area contributed by atoms with E-state index in [-0.39, 0.29) is 11.8 Å².